The first-order valence-corrected chi connectivity index (χ1v) is 7.60. The number of hydrogen-bond acceptors (Lipinski definition) is 5. The van der Waals surface area contributed by atoms with Crippen LogP contribution < -0.4 is 4.74 Å². The van der Waals surface area contributed by atoms with E-state index in [1.807, 2.05) is 6.07 Å². The van der Waals surface area contributed by atoms with Crippen LogP contribution in [0.25, 0.3) is 0 Å². The molecular formula is C17H16O5S. The second-order valence-corrected chi connectivity index (χ2v) is 5.78. The molecule has 120 valence electrons. The molecule has 0 bridgehead atoms. The van der Waals surface area contributed by atoms with Gasteiger partial charge in [-0.2, -0.15) is 0 Å². The van der Waals surface area contributed by atoms with Crippen molar-refractivity contribution < 1.29 is 24.2 Å². The fraction of sp³-hybridized carbons (Fsp3) is 0.176. The standard InChI is InChI=1S/C17H16O5S/c1-21-13-5-8-15(12(9-13)10-16(18)19)23-14-6-3-11(4-7-14)17(20)22-2/h3-9H,10H2,1-2H3,(H,18,19). The summed E-state index contributed by atoms with van der Waals surface area (Å²) in [5, 5.41) is 9.04. The molecule has 0 spiro atoms. The number of methoxy groups -OCH3 is 2. The van der Waals surface area contributed by atoms with E-state index in [9.17, 15) is 9.59 Å². The normalized spacial score (nSPS) is 10.2. The zero-order chi connectivity index (χ0) is 16.8. The summed E-state index contributed by atoms with van der Waals surface area (Å²) in [6.07, 6.45) is -0.0836. The Labute approximate surface area is 138 Å². The van der Waals surface area contributed by atoms with Gasteiger partial charge in [0.2, 0.25) is 0 Å². The average molecular weight is 332 g/mol. The van der Waals surface area contributed by atoms with Gasteiger partial charge in [0.1, 0.15) is 5.75 Å². The summed E-state index contributed by atoms with van der Waals surface area (Å²) in [4.78, 5) is 24.2. The Kier molecular flexibility index (Phi) is 5.65. The zero-order valence-corrected chi connectivity index (χ0v) is 13.6. The van der Waals surface area contributed by atoms with Crippen LogP contribution in [0.3, 0.4) is 0 Å². The van der Waals surface area contributed by atoms with Crippen molar-refractivity contribution in [2.45, 2.75) is 16.2 Å². The molecule has 0 saturated carbocycles. The van der Waals surface area contributed by atoms with Gasteiger partial charge in [-0.25, -0.2) is 4.79 Å². The molecule has 1 N–H and O–H groups in total. The number of carboxylic acids is 1. The molecule has 0 saturated heterocycles. The van der Waals surface area contributed by atoms with Crippen molar-refractivity contribution in [2.24, 2.45) is 0 Å². The second-order valence-electron chi connectivity index (χ2n) is 4.66. The number of carboxylic acid groups (broad SMARTS) is 1. The van der Waals surface area contributed by atoms with E-state index in [1.54, 1.807) is 36.4 Å². The van der Waals surface area contributed by atoms with Gasteiger partial charge < -0.3 is 14.6 Å². The molecule has 2 rings (SSSR count). The van der Waals surface area contributed by atoms with Crippen LogP contribution in [0.5, 0.6) is 5.75 Å². The highest BCUT2D eigenvalue weighted by Gasteiger charge is 2.11. The van der Waals surface area contributed by atoms with Crippen molar-refractivity contribution in [2.75, 3.05) is 14.2 Å². The van der Waals surface area contributed by atoms with Crippen LogP contribution >= 0.6 is 11.8 Å². The monoisotopic (exact) mass is 332 g/mol. The molecular weight excluding hydrogens is 316 g/mol. The Morgan fingerprint density at radius 1 is 1.09 bits per heavy atom. The number of benzene rings is 2. The predicted molar refractivity (Wildman–Crippen MR) is 86.2 cm³/mol. The molecule has 0 radical (unpaired) electrons. The minimum atomic E-state index is -0.902. The molecule has 6 heteroatoms. The summed E-state index contributed by atoms with van der Waals surface area (Å²) in [5.41, 5.74) is 1.15. The van der Waals surface area contributed by atoms with Gasteiger partial charge >= 0.3 is 11.9 Å². The minimum Gasteiger partial charge on any atom is -0.497 e. The Morgan fingerprint density at radius 2 is 1.78 bits per heavy atom. The summed E-state index contributed by atoms with van der Waals surface area (Å²) >= 11 is 1.43. The van der Waals surface area contributed by atoms with E-state index in [2.05, 4.69) is 4.74 Å². The van der Waals surface area contributed by atoms with Crippen LogP contribution in [0, 0.1) is 0 Å². The van der Waals surface area contributed by atoms with Gasteiger partial charge in [0.25, 0.3) is 0 Å². The van der Waals surface area contributed by atoms with Crippen molar-refractivity contribution in [3.63, 3.8) is 0 Å². The second kappa shape index (κ2) is 7.69. The average Bonchev–Trinajstić information content (AvgIpc) is 2.56. The molecule has 2 aromatic rings. The quantitative estimate of drug-likeness (QED) is 0.819. The maximum Gasteiger partial charge on any atom is 0.337 e. The van der Waals surface area contributed by atoms with Crippen molar-refractivity contribution in [3.8, 4) is 5.75 Å². The van der Waals surface area contributed by atoms with Gasteiger partial charge in [0, 0.05) is 9.79 Å². The SMILES string of the molecule is COC(=O)c1ccc(Sc2ccc(OC)cc2CC(=O)O)cc1. The highest BCUT2D eigenvalue weighted by molar-refractivity contribution is 7.99. The highest BCUT2D eigenvalue weighted by atomic mass is 32.2. The van der Waals surface area contributed by atoms with Crippen LogP contribution in [0.4, 0.5) is 0 Å². The predicted octanol–water partition coefficient (Wildman–Crippen LogP) is 3.26. The molecule has 0 unspecified atom stereocenters. The Hall–Kier alpha value is -2.47. The first-order chi connectivity index (χ1) is 11.0. The minimum absolute atomic E-state index is 0.0836. The summed E-state index contributed by atoms with van der Waals surface area (Å²) < 4.78 is 9.80. The number of carbonyl (C=O) groups excluding carboxylic acids is 1. The molecule has 0 aliphatic heterocycles. The maximum atomic E-state index is 11.4. The Balaban J connectivity index is 2.24. The summed E-state index contributed by atoms with van der Waals surface area (Å²) in [6.45, 7) is 0. The van der Waals surface area contributed by atoms with E-state index in [4.69, 9.17) is 9.84 Å². The Bertz CT molecular complexity index is 709. The number of rotatable bonds is 6. The van der Waals surface area contributed by atoms with E-state index in [0.29, 0.717) is 16.9 Å². The van der Waals surface area contributed by atoms with Gasteiger partial charge in [0.05, 0.1) is 26.2 Å². The first kappa shape index (κ1) is 16.9. The van der Waals surface area contributed by atoms with Crippen LogP contribution in [-0.4, -0.2) is 31.3 Å². The number of ether oxygens (including phenoxy) is 2. The Morgan fingerprint density at radius 3 is 2.35 bits per heavy atom. The molecule has 0 aliphatic carbocycles. The lowest BCUT2D eigenvalue weighted by Crippen LogP contribution is -2.02. The third-order valence-corrected chi connectivity index (χ3v) is 4.24. The fourth-order valence-electron chi connectivity index (χ4n) is 1.99. The number of esters is 1. The third-order valence-electron chi connectivity index (χ3n) is 3.11. The zero-order valence-electron chi connectivity index (χ0n) is 12.7. The molecule has 0 atom stereocenters. The molecule has 0 aliphatic rings. The van der Waals surface area contributed by atoms with E-state index in [1.165, 1.54) is 26.0 Å². The number of hydrogen-bond donors (Lipinski definition) is 1. The lowest BCUT2D eigenvalue weighted by Gasteiger charge is -2.10. The van der Waals surface area contributed by atoms with Gasteiger partial charge in [-0.05, 0) is 48.0 Å². The van der Waals surface area contributed by atoms with Gasteiger partial charge in [-0.15, -0.1) is 0 Å². The van der Waals surface area contributed by atoms with Crippen molar-refractivity contribution in [1.29, 1.82) is 0 Å². The summed E-state index contributed by atoms with van der Waals surface area (Å²) in [5.74, 6) is -0.676. The summed E-state index contributed by atoms with van der Waals surface area (Å²) in [7, 11) is 2.87. The topological polar surface area (TPSA) is 72.8 Å². The molecule has 0 amide bonds. The van der Waals surface area contributed by atoms with Crippen LogP contribution in [0.1, 0.15) is 15.9 Å². The van der Waals surface area contributed by atoms with Crippen molar-refractivity contribution >= 4 is 23.7 Å². The third kappa shape index (κ3) is 4.50. The van der Waals surface area contributed by atoms with Crippen LogP contribution in [0.15, 0.2) is 52.3 Å². The molecule has 0 fully saturated rings. The maximum absolute atomic E-state index is 11.4. The van der Waals surface area contributed by atoms with Crippen molar-refractivity contribution in [1.82, 2.24) is 0 Å². The smallest absolute Gasteiger partial charge is 0.337 e. The molecule has 2 aromatic carbocycles. The van der Waals surface area contributed by atoms with E-state index in [-0.39, 0.29) is 6.42 Å². The number of aliphatic carboxylic acids is 1. The lowest BCUT2D eigenvalue weighted by atomic mass is 10.1. The van der Waals surface area contributed by atoms with Crippen LogP contribution in [-0.2, 0) is 16.0 Å². The molecule has 23 heavy (non-hydrogen) atoms. The highest BCUT2D eigenvalue weighted by Crippen LogP contribution is 2.33. The lowest BCUT2D eigenvalue weighted by molar-refractivity contribution is -0.136. The molecule has 0 heterocycles. The van der Waals surface area contributed by atoms with Crippen LogP contribution in [0.2, 0.25) is 0 Å². The largest absolute Gasteiger partial charge is 0.497 e. The van der Waals surface area contributed by atoms with E-state index < -0.39 is 11.9 Å². The molecule has 0 aromatic heterocycles. The van der Waals surface area contributed by atoms with Gasteiger partial charge in [-0.3, -0.25) is 4.79 Å². The first-order valence-electron chi connectivity index (χ1n) is 6.78. The van der Waals surface area contributed by atoms with E-state index in [0.717, 1.165) is 9.79 Å². The summed E-state index contributed by atoms with van der Waals surface area (Å²) in [6, 6.07) is 12.3. The van der Waals surface area contributed by atoms with Gasteiger partial charge in [-0.1, -0.05) is 11.8 Å². The number of carbonyl (C=O) groups is 2. The fourth-order valence-corrected chi connectivity index (χ4v) is 2.91. The molecule has 5 nitrogen and oxygen atoms in total. The van der Waals surface area contributed by atoms with Crippen molar-refractivity contribution in [3.05, 3.63) is 53.6 Å². The van der Waals surface area contributed by atoms with Gasteiger partial charge in [0.15, 0.2) is 0 Å². The van der Waals surface area contributed by atoms with E-state index >= 15 is 0 Å².